The standard InChI is InChI=1S/C24H21BF3N2O2.K/c1-3-6-21-29-20-13-19(25(26,27)28)22(14(2)23(20)30-21)16-11-9-15(10-12-16)17-7-4-5-8-18(17)24(31)32;/h4-5,7-13H,3,6H2,1-2H3,(H,29,30)(H,31,32);/q-1;+1. The summed E-state index contributed by atoms with van der Waals surface area (Å²) in [6, 6.07) is 14.2. The summed E-state index contributed by atoms with van der Waals surface area (Å²) < 4.78 is 42.1. The van der Waals surface area contributed by atoms with Gasteiger partial charge in [-0.25, -0.2) is 9.78 Å². The Labute approximate surface area is 232 Å². The zero-order chi connectivity index (χ0) is 23.0. The van der Waals surface area contributed by atoms with E-state index in [0.717, 1.165) is 12.5 Å². The Balaban J connectivity index is 0.00000306. The molecule has 0 amide bonds. The maximum Gasteiger partial charge on any atom is 1.00 e. The summed E-state index contributed by atoms with van der Waals surface area (Å²) in [6.07, 6.45) is 1.49. The van der Waals surface area contributed by atoms with Crippen LogP contribution in [0.2, 0.25) is 0 Å². The van der Waals surface area contributed by atoms with Gasteiger partial charge in [0.05, 0.1) is 16.6 Å². The van der Waals surface area contributed by atoms with Crippen LogP contribution in [0.5, 0.6) is 0 Å². The predicted octanol–water partition coefficient (Wildman–Crippen LogP) is 2.91. The normalized spacial score (nSPS) is 11.4. The molecular weight excluding hydrogens is 455 g/mol. The van der Waals surface area contributed by atoms with Gasteiger partial charge in [-0.2, -0.15) is 0 Å². The molecule has 4 rings (SSSR count). The van der Waals surface area contributed by atoms with E-state index in [2.05, 4.69) is 9.97 Å². The Morgan fingerprint density at radius 1 is 1.06 bits per heavy atom. The number of nitrogens with zero attached hydrogens (tertiary/aromatic N) is 1. The van der Waals surface area contributed by atoms with Crippen molar-refractivity contribution in [2.45, 2.75) is 26.7 Å². The average Bonchev–Trinajstić information content (AvgIpc) is 3.17. The zero-order valence-electron chi connectivity index (χ0n) is 18.6. The van der Waals surface area contributed by atoms with Gasteiger partial charge in [0.25, 0.3) is 0 Å². The van der Waals surface area contributed by atoms with Crippen LogP contribution in [0, 0.1) is 6.92 Å². The van der Waals surface area contributed by atoms with Gasteiger partial charge < -0.3 is 23.0 Å². The molecule has 4 nitrogen and oxygen atoms in total. The minimum atomic E-state index is -5.26. The van der Waals surface area contributed by atoms with Crippen LogP contribution >= 0.6 is 0 Å². The largest absolute Gasteiger partial charge is 1.00 e. The summed E-state index contributed by atoms with van der Waals surface area (Å²) in [5.41, 5.74) is 2.51. The minimum Gasteiger partial charge on any atom is -0.478 e. The molecule has 164 valence electrons. The molecular formula is C24H21BF3KN2O2. The summed E-state index contributed by atoms with van der Waals surface area (Å²) in [6.45, 7) is -1.62. The van der Waals surface area contributed by atoms with Gasteiger partial charge in [-0.05, 0) is 47.2 Å². The number of aromatic nitrogens is 2. The Morgan fingerprint density at radius 2 is 1.70 bits per heavy atom. The van der Waals surface area contributed by atoms with Crippen molar-refractivity contribution in [3.05, 3.63) is 71.5 Å². The smallest absolute Gasteiger partial charge is 0.478 e. The third-order valence-electron chi connectivity index (χ3n) is 5.58. The fourth-order valence-electron chi connectivity index (χ4n) is 4.12. The van der Waals surface area contributed by atoms with Gasteiger partial charge in [0.2, 0.25) is 0 Å². The SMILES string of the molecule is CCCc1nc2c(C)c(-c3ccc(-c4ccccc4C(=O)O)cc3)c([B-](F)(F)F)cc2[nH]1.[K+]. The number of aromatic amines is 1. The van der Waals surface area contributed by atoms with Gasteiger partial charge in [-0.1, -0.05) is 60.9 Å². The molecule has 0 saturated carbocycles. The number of hydrogen-bond acceptors (Lipinski definition) is 2. The summed E-state index contributed by atoms with van der Waals surface area (Å²) >= 11 is 0. The second-order valence-electron chi connectivity index (χ2n) is 7.80. The van der Waals surface area contributed by atoms with Gasteiger partial charge in [0.15, 0.2) is 0 Å². The quantitative estimate of drug-likeness (QED) is 0.421. The summed E-state index contributed by atoms with van der Waals surface area (Å²) in [7, 11) is 0. The number of aryl methyl sites for hydroxylation is 2. The molecule has 33 heavy (non-hydrogen) atoms. The Bertz CT molecular complexity index is 1320. The van der Waals surface area contributed by atoms with Crippen molar-refractivity contribution >= 4 is 29.4 Å². The molecule has 0 saturated heterocycles. The van der Waals surface area contributed by atoms with Crippen LogP contribution < -0.4 is 56.8 Å². The summed E-state index contributed by atoms with van der Waals surface area (Å²) in [5.74, 6) is -0.390. The van der Waals surface area contributed by atoms with Crippen LogP contribution in [0.15, 0.2) is 54.6 Å². The van der Waals surface area contributed by atoms with Crippen molar-refractivity contribution in [2.75, 3.05) is 0 Å². The summed E-state index contributed by atoms with van der Waals surface area (Å²) in [5, 5.41) is 9.43. The van der Waals surface area contributed by atoms with E-state index in [0.29, 0.717) is 45.5 Å². The van der Waals surface area contributed by atoms with E-state index in [1.165, 1.54) is 6.07 Å². The zero-order valence-corrected chi connectivity index (χ0v) is 21.7. The minimum absolute atomic E-state index is 0. The molecule has 0 aliphatic rings. The maximum absolute atomic E-state index is 14.0. The van der Waals surface area contributed by atoms with Crippen molar-refractivity contribution < 1.29 is 74.2 Å². The first-order valence-electron chi connectivity index (χ1n) is 10.4. The molecule has 9 heteroatoms. The number of imidazole rings is 1. The van der Waals surface area contributed by atoms with E-state index in [1.54, 1.807) is 49.4 Å². The number of halogens is 3. The number of rotatable bonds is 6. The van der Waals surface area contributed by atoms with Crippen LogP contribution in [0.1, 0.15) is 35.1 Å². The van der Waals surface area contributed by atoms with Crippen LogP contribution in [-0.4, -0.2) is 28.0 Å². The van der Waals surface area contributed by atoms with Gasteiger partial charge >= 0.3 is 64.3 Å². The molecule has 4 aromatic rings. The molecule has 0 aliphatic heterocycles. The van der Waals surface area contributed by atoms with E-state index < -0.39 is 18.4 Å². The molecule has 0 aliphatic carbocycles. The van der Waals surface area contributed by atoms with Crippen LogP contribution in [0.25, 0.3) is 33.3 Å². The van der Waals surface area contributed by atoms with E-state index >= 15 is 0 Å². The maximum atomic E-state index is 14.0. The first kappa shape index (κ1) is 25.7. The molecule has 0 radical (unpaired) electrons. The van der Waals surface area contributed by atoms with Gasteiger partial charge in [-0.15, -0.1) is 0 Å². The monoisotopic (exact) mass is 476 g/mol. The number of carbonyl (C=O) groups is 1. The van der Waals surface area contributed by atoms with Crippen molar-refractivity contribution in [2.24, 2.45) is 0 Å². The second kappa shape index (κ2) is 10.1. The molecule has 0 bridgehead atoms. The first-order valence-corrected chi connectivity index (χ1v) is 10.4. The number of fused-ring (bicyclic) bond motifs is 1. The summed E-state index contributed by atoms with van der Waals surface area (Å²) in [4.78, 5) is 19.1. The van der Waals surface area contributed by atoms with E-state index in [4.69, 9.17) is 0 Å². The fourth-order valence-corrected chi connectivity index (χ4v) is 4.12. The van der Waals surface area contributed by atoms with E-state index in [9.17, 15) is 22.8 Å². The molecule has 0 spiro atoms. The number of benzene rings is 3. The molecule has 1 heterocycles. The number of carboxylic acid groups (broad SMARTS) is 1. The number of hydrogen-bond donors (Lipinski definition) is 2. The van der Waals surface area contributed by atoms with E-state index in [-0.39, 0.29) is 62.5 Å². The first-order chi connectivity index (χ1) is 15.2. The number of nitrogens with one attached hydrogen (secondary N) is 1. The van der Waals surface area contributed by atoms with Crippen molar-refractivity contribution in [3.63, 3.8) is 0 Å². The third-order valence-corrected chi connectivity index (χ3v) is 5.58. The number of aromatic carboxylic acids is 1. The molecule has 3 aromatic carbocycles. The number of H-pyrrole nitrogens is 1. The Morgan fingerprint density at radius 3 is 2.30 bits per heavy atom. The van der Waals surface area contributed by atoms with Crippen molar-refractivity contribution in [1.82, 2.24) is 9.97 Å². The van der Waals surface area contributed by atoms with Crippen LogP contribution in [0.4, 0.5) is 12.9 Å². The molecule has 0 fully saturated rings. The molecule has 1 aromatic heterocycles. The number of carboxylic acids is 1. The Hall–Kier alpha value is -1.91. The van der Waals surface area contributed by atoms with E-state index in [1.807, 2.05) is 6.92 Å². The van der Waals surface area contributed by atoms with Gasteiger partial charge in [-0.3, -0.25) is 0 Å². The van der Waals surface area contributed by atoms with Crippen LogP contribution in [-0.2, 0) is 6.42 Å². The average molecular weight is 476 g/mol. The van der Waals surface area contributed by atoms with Gasteiger partial charge in [0.1, 0.15) is 5.82 Å². The molecule has 0 unspecified atom stereocenters. The topological polar surface area (TPSA) is 66.0 Å². The third kappa shape index (κ3) is 5.12. The Kier molecular flexibility index (Phi) is 7.91. The molecule has 2 N–H and O–H groups in total. The predicted molar refractivity (Wildman–Crippen MR) is 121 cm³/mol. The molecule has 0 atom stereocenters. The fraction of sp³-hybridized carbons (Fsp3) is 0.167. The van der Waals surface area contributed by atoms with Crippen molar-refractivity contribution in [1.29, 1.82) is 0 Å². The van der Waals surface area contributed by atoms with Gasteiger partial charge in [0, 0.05) is 6.42 Å². The second-order valence-corrected chi connectivity index (χ2v) is 7.80. The van der Waals surface area contributed by atoms with Crippen LogP contribution in [0.3, 0.4) is 0 Å². The van der Waals surface area contributed by atoms with Crippen molar-refractivity contribution in [3.8, 4) is 22.3 Å².